The van der Waals surface area contributed by atoms with Gasteiger partial charge in [0.05, 0.1) is 12.1 Å². The molecule has 1 saturated heterocycles. The van der Waals surface area contributed by atoms with Gasteiger partial charge in [-0.15, -0.1) is 0 Å². The molecule has 2 aliphatic rings. The summed E-state index contributed by atoms with van der Waals surface area (Å²) in [4.78, 5) is 9.38. The number of hydrogen-bond acceptors (Lipinski definition) is 5. The van der Waals surface area contributed by atoms with E-state index in [1.165, 1.54) is 0 Å². The Bertz CT molecular complexity index is 326. The fourth-order valence-electron chi connectivity index (χ4n) is 3.43. The minimum Gasteiger partial charge on any atom is -0.370 e. The lowest BCUT2D eigenvalue weighted by Gasteiger charge is -2.47. The van der Waals surface area contributed by atoms with Crippen LogP contribution in [0.5, 0.6) is 0 Å². The van der Waals surface area contributed by atoms with E-state index < -0.39 is 0 Å². The van der Waals surface area contributed by atoms with Crippen molar-refractivity contribution in [3.05, 3.63) is 0 Å². The van der Waals surface area contributed by atoms with Gasteiger partial charge in [0.15, 0.2) is 5.96 Å². The Hall–Kier alpha value is -0.810. The minimum absolute atomic E-state index is 0.169. The van der Waals surface area contributed by atoms with Gasteiger partial charge in [0.25, 0.3) is 0 Å². The number of nitrogens with one attached hydrogen (secondary N) is 1. The molecule has 0 aromatic carbocycles. The number of guanidine groups is 1. The van der Waals surface area contributed by atoms with Crippen LogP contribution in [0.2, 0.25) is 0 Å². The van der Waals surface area contributed by atoms with Crippen LogP contribution in [0.1, 0.15) is 27.2 Å². The molecule has 2 unspecified atom stereocenters. The second-order valence-corrected chi connectivity index (χ2v) is 5.81. The number of hydrogen-bond donors (Lipinski definition) is 2. The first kappa shape index (κ1) is 14.6. The Balaban J connectivity index is 2.04. The van der Waals surface area contributed by atoms with E-state index in [0.717, 1.165) is 58.2 Å². The van der Waals surface area contributed by atoms with Crippen molar-refractivity contribution in [1.29, 1.82) is 0 Å². The summed E-state index contributed by atoms with van der Waals surface area (Å²) >= 11 is 0. The number of rotatable bonds is 5. The van der Waals surface area contributed by atoms with Crippen molar-refractivity contribution in [2.75, 3.05) is 45.8 Å². The van der Waals surface area contributed by atoms with Gasteiger partial charge in [0, 0.05) is 13.1 Å². The topological polar surface area (TPSA) is 56.9 Å². The molecule has 0 saturated carbocycles. The van der Waals surface area contributed by atoms with Gasteiger partial charge in [-0.05, 0) is 38.5 Å². The first-order valence-electron chi connectivity index (χ1n) is 7.64. The molecule has 2 heterocycles. The summed E-state index contributed by atoms with van der Waals surface area (Å²) < 4.78 is 0. The summed E-state index contributed by atoms with van der Waals surface area (Å²) in [5, 5.41) is 3.48. The Morgan fingerprint density at radius 3 is 2.84 bits per heavy atom. The molecular weight excluding hydrogens is 238 g/mol. The number of nitrogens with zero attached hydrogens (tertiary/aromatic N) is 3. The van der Waals surface area contributed by atoms with Crippen molar-refractivity contribution in [2.24, 2.45) is 16.6 Å². The third-order valence-electron chi connectivity index (χ3n) is 4.97. The highest BCUT2D eigenvalue weighted by Gasteiger charge is 2.47. The highest BCUT2D eigenvalue weighted by atomic mass is 15.4. The summed E-state index contributed by atoms with van der Waals surface area (Å²) in [7, 11) is 0. The molecule has 0 aliphatic carbocycles. The number of likely N-dealkylation sites (N-methyl/N-ethyl adjacent to an activating group) is 1. The van der Waals surface area contributed by atoms with E-state index in [4.69, 9.17) is 5.73 Å². The average Bonchev–Trinajstić information content (AvgIpc) is 2.73. The van der Waals surface area contributed by atoms with E-state index in [-0.39, 0.29) is 5.54 Å². The molecule has 0 aromatic heterocycles. The van der Waals surface area contributed by atoms with E-state index >= 15 is 0 Å². The standard InChI is InChI=1S/C14H29N5/c1-4-18(5-2)8-9-19-13(15)17-11-14(19)6-7-16-10-12(14)3/h12,16H,4-11H2,1-3H3,(H2,15,17). The van der Waals surface area contributed by atoms with Crippen molar-refractivity contribution in [3.8, 4) is 0 Å². The molecule has 0 aromatic rings. The predicted molar refractivity (Wildman–Crippen MR) is 80.4 cm³/mol. The van der Waals surface area contributed by atoms with Crippen molar-refractivity contribution in [3.63, 3.8) is 0 Å². The van der Waals surface area contributed by atoms with E-state index in [9.17, 15) is 0 Å². The zero-order valence-electron chi connectivity index (χ0n) is 12.7. The molecule has 19 heavy (non-hydrogen) atoms. The molecule has 0 bridgehead atoms. The first-order chi connectivity index (χ1) is 9.14. The van der Waals surface area contributed by atoms with Crippen LogP contribution < -0.4 is 11.1 Å². The summed E-state index contributed by atoms with van der Waals surface area (Å²) in [6.07, 6.45) is 1.15. The Morgan fingerprint density at radius 2 is 2.21 bits per heavy atom. The third-order valence-corrected chi connectivity index (χ3v) is 4.97. The van der Waals surface area contributed by atoms with E-state index in [1.807, 2.05) is 0 Å². The van der Waals surface area contributed by atoms with Crippen molar-refractivity contribution >= 4 is 5.96 Å². The van der Waals surface area contributed by atoms with Gasteiger partial charge in [-0.3, -0.25) is 4.99 Å². The highest BCUT2D eigenvalue weighted by molar-refractivity contribution is 5.81. The fraction of sp³-hybridized carbons (Fsp3) is 0.929. The normalized spacial score (nSPS) is 31.3. The highest BCUT2D eigenvalue weighted by Crippen LogP contribution is 2.34. The van der Waals surface area contributed by atoms with Gasteiger partial charge < -0.3 is 20.9 Å². The molecule has 2 rings (SSSR count). The summed E-state index contributed by atoms with van der Waals surface area (Å²) in [6.45, 7) is 14.1. The first-order valence-corrected chi connectivity index (χ1v) is 7.64. The number of piperidine rings is 1. The number of nitrogens with two attached hydrogens (primary N) is 1. The van der Waals surface area contributed by atoms with Crippen LogP contribution in [0, 0.1) is 5.92 Å². The molecule has 1 fully saturated rings. The zero-order chi connectivity index (χ0) is 13.9. The Morgan fingerprint density at radius 1 is 1.47 bits per heavy atom. The van der Waals surface area contributed by atoms with Gasteiger partial charge in [0.2, 0.25) is 0 Å². The van der Waals surface area contributed by atoms with Crippen LogP contribution in [-0.2, 0) is 0 Å². The van der Waals surface area contributed by atoms with Crippen molar-refractivity contribution in [2.45, 2.75) is 32.7 Å². The monoisotopic (exact) mass is 267 g/mol. The lowest BCUT2D eigenvalue weighted by molar-refractivity contribution is 0.0845. The maximum atomic E-state index is 6.15. The Kier molecular flexibility index (Phi) is 4.68. The van der Waals surface area contributed by atoms with Crippen LogP contribution in [0.15, 0.2) is 4.99 Å². The molecule has 5 heteroatoms. The maximum absolute atomic E-state index is 6.15. The van der Waals surface area contributed by atoms with Gasteiger partial charge >= 0.3 is 0 Å². The maximum Gasteiger partial charge on any atom is 0.191 e. The predicted octanol–water partition coefficient (Wildman–Crippen LogP) is 0.327. The molecule has 5 nitrogen and oxygen atoms in total. The molecule has 0 amide bonds. The van der Waals surface area contributed by atoms with Gasteiger partial charge in [-0.2, -0.15) is 0 Å². The van der Waals surface area contributed by atoms with Crippen LogP contribution in [0.3, 0.4) is 0 Å². The average molecular weight is 267 g/mol. The van der Waals surface area contributed by atoms with Gasteiger partial charge in [-0.25, -0.2) is 0 Å². The largest absolute Gasteiger partial charge is 0.370 e. The number of aliphatic imine (C=N–C) groups is 1. The molecule has 110 valence electrons. The molecule has 0 radical (unpaired) electrons. The van der Waals surface area contributed by atoms with E-state index in [2.05, 4.69) is 40.9 Å². The van der Waals surface area contributed by atoms with Crippen LogP contribution >= 0.6 is 0 Å². The second-order valence-electron chi connectivity index (χ2n) is 5.81. The van der Waals surface area contributed by atoms with Crippen molar-refractivity contribution in [1.82, 2.24) is 15.1 Å². The molecule has 1 spiro atoms. The van der Waals surface area contributed by atoms with Crippen molar-refractivity contribution < 1.29 is 0 Å². The molecule has 3 N–H and O–H groups in total. The van der Waals surface area contributed by atoms with E-state index in [1.54, 1.807) is 0 Å². The summed E-state index contributed by atoms with van der Waals surface area (Å²) in [5.74, 6) is 1.35. The van der Waals surface area contributed by atoms with Crippen LogP contribution in [0.4, 0.5) is 0 Å². The minimum atomic E-state index is 0.169. The molecular formula is C14H29N5. The lowest BCUT2D eigenvalue weighted by Crippen LogP contribution is -2.62. The SMILES string of the molecule is CCN(CC)CCN1C(N)=NCC12CCNCC2C. The quantitative estimate of drug-likeness (QED) is 0.753. The molecule has 2 aliphatic heterocycles. The van der Waals surface area contributed by atoms with Gasteiger partial charge in [0.1, 0.15) is 0 Å². The lowest BCUT2D eigenvalue weighted by atomic mass is 9.78. The summed E-state index contributed by atoms with van der Waals surface area (Å²) in [5.41, 5.74) is 6.32. The Labute approximate surface area is 117 Å². The zero-order valence-corrected chi connectivity index (χ0v) is 12.7. The fourth-order valence-corrected chi connectivity index (χ4v) is 3.43. The van der Waals surface area contributed by atoms with E-state index in [0.29, 0.717) is 5.92 Å². The second kappa shape index (κ2) is 6.09. The molecule has 2 atom stereocenters. The van der Waals surface area contributed by atoms with Crippen LogP contribution in [-0.4, -0.2) is 67.1 Å². The smallest absolute Gasteiger partial charge is 0.191 e. The van der Waals surface area contributed by atoms with Gasteiger partial charge in [-0.1, -0.05) is 20.8 Å². The van der Waals surface area contributed by atoms with Crippen LogP contribution in [0.25, 0.3) is 0 Å². The third kappa shape index (κ3) is 2.72. The summed E-state index contributed by atoms with van der Waals surface area (Å²) in [6, 6.07) is 0.